The van der Waals surface area contributed by atoms with Crippen molar-refractivity contribution in [3.8, 4) is 16.9 Å². The first-order chi connectivity index (χ1) is 20.3. The van der Waals surface area contributed by atoms with Gasteiger partial charge in [0.25, 0.3) is 0 Å². The number of benzene rings is 2. The van der Waals surface area contributed by atoms with E-state index in [9.17, 15) is 18.0 Å². The van der Waals surface area contributed by atoms with Crippen LogP contribution in [0.4, 0.5) is 17.6 Å². The molecule has 0 bridgehead atoms. The smallest absolute Gasteiger partial charge is 0.370 e. The van der Waals surface area contributed by atoms with E-state index in [-0.39, 0.29) is 46.9 Å². The highest BCUT2D eigenvalue weighted by Crippen LogP contribution is 2.34. The Morgan fingerprint density at radius 1 is 1.16 bits per heavy atom. The largest absolute Gasteiger partial charge is 0.407 e. The van der Waals surface area contributed by atoms with Gasteiger partial charge in [0.2, 0.25) is 0 Å². The van der Waals surface area contributed by atoms with E-state index in [0.29, 0.717) is 29.6 Å². The Balaban J connectivity index is 1.59. The number of nitrogens with zero attached hydrogens (tertiary/aromatic N) is 3. The van der Waals surface area contributed by atoms with Crippen LogP contribution in [-0.4, -0.2) is 45.8 Å². The van der Waals surface area contributed by atoms with Crippen LogP contribution in [0.25, 0.3) is 28.0 Å². The van der Waals surface area contributed by atoms with Crippen molar-refractivity contribution in [1.82, 2.24) is 19.9 Å². The Hall–Kier alpha value is -3.94. The number of fused-ring (bicyclic) bond motifs is 1. The summed E-state index contributed by atoms with van der Waals surface area (Å²) < 4.78 is 57.6. The fourth-order valence-corrected chi connectivity index (χ4v) is 4.96. The van der Waals surface area contributed by atoms with Gasteiger partial charge in [0.05, 0.1) is 16.4 Å². The minimum Gasteiger partial charge on any atom is -0.370 e. The predicted molar refractivity (Wildman–Crippen MR) is 161 cm³/mol. The molecule has 9 nitrogen and oxygen atoms in total. The molecular formula is C29H33ClF4N8O. The molecule has 4 aromatic rings. The van der Waals surface area contributed by atoms with Gasteiger partial charge in [0.15, 0.2) is 11.8 Å². The number of nitrogens with two attached hydrogens (primary N) is 3. The molecule has 4 rings (SSSR count). The SMILES string of the molecule is C[C@H](N)CCCc1cc(Cl)c(F)c(-c2cc3cn(-c4ccc(C(NCCCN=C(N)N)C(F)(F)F)cc4)c(=O)nc3[nH]2)c1. The van der Waals surface area contributed by atoms with E-state index in [1.807, 2.05) is 6.92 Å². The molecule has 0 amide bonds. The molecule has 0 fully saturated rings. The standard InChI is InChI=1S/C29H33ClF4N8O/c1-16(35)4-2-5-17-12-21(24(31)22(30)13-17)23-14-19-15-42(28(43)41-26(19)40-23)20-8-6-18(7-9-20)25(29(32,33)34)38-10-3-11-39-27(36)37/h6-9,12-16,25,38H,2-5,10-11,35H2,1H3,(H4,36,37,39)(H,40,41,43)/t16-,25?/m0/s1. The van der Waals surface area contributed by atoms with Gasteiger partial charge >= 0.3 is 11.9 Å². The van der Waals surface area contributed by atoms with E-state index >= 15 is 4.39 Å². The van der Waals surface area contributed by atoms with Gasteiger partial charge in [-0.3, -0.25) is 9.56 Å². The van der Waals surface area contributed by atoms with Crippen LogP contribution in [0.5, 0.6) is 0 Å². The predicted octanol–water partition coefficient (Wildman–Crippen LogP) is 4.70. The van der Waals surface area contributed by atoms with Crippen molar-refractivity contribution in [2.75, 3.05) is 13.1 Å². The molecule has 230 valence electrons. The molecule has 14 heteroatoms. The number of nitrogens with one attached hydrogen (secondary N) is 2. The number of alkyl halides is 3. The van der Waals surface area contributed by atoms with Gasteiger partial charge in [-0.1, -0.05) is 23.7 Å². The van der Waals surface area contributed by atoms with Crippen LogP contribution in [0.1, 0.15) is 43.4 Å². The van der Waals surface area contributed by atoms with E-state index in [1.54, 1.807) is 18.2 Å². The molecule has 0 spiro atoms. The van der Waals surface area contributed by atoms with Crippen molar-refractivity contribution in [2.45, 2.75) is 50.9 Å². The molecule has 1 unspecified atom stereocenters. The number of aromatic amines is 1. The molecule has 2 aromatic carbocycles. The number of aryl methyl sites for hydroxylation is 1. The van der Waals surface area contributed by atoms with E-state index in [4.69, 9.17) is 28.8 Å². The highest BCUT2D eigenvalue weighted by Gasteiger charge is 2.40. The summed E-state index contributed by atoms with van der Waals surface area (Å²) in [4.78, 5) is 23.7. The van der Waals surface area contributed by atoms with Crippen molar-refractivity contribution in [1.29, 1.82) is 0 Å². The van der Waals surface area contributed by atoms with E-state index in [0.717, 1.165) is 18.4 Å². The molecule has 0 aliphatic rings. The number of H-pyrrole nitrogens is 1. The summed E-state index contributed by atoms with van der Waals surface area (Å²) in [7, 11) is 0. The van der Waals surface area contributed by atoms with Crippen LogP contribution >= 0.6 is 11.6 Å². The topological polar surface area (TPSA) is 153 Å². The number of hydrogen-bond acceptors (Lipinski definition) is 5. The van der Waals surface area contributed by atoms with Crippen LogP contribution in [0, 0.1) is 5.82 Å². The summed E-state index contributed by atoms with van der Waals surface area (Å²) >= 11 is 6.18. The van der Waals surface area contributed by atoms with Crippen LogP contribution in [0.3, 0.4) is 0 Å². The maximum Gasteiger partial charge on any atom is 0.407 e. The zero-order chi connectivity index (χ0) is 31.3. The zero-order valence-corrected chi connectivity index (χ0v) is 24.1. The lowest BCUT2D eigenvalue weighted by Gasteiger charge is -2.22. The first-order valence-corrected chi connectivity index (χ1v) is 14.0. The average Bonchev–Trinajstić information content (AvgIpc) is 3.33. The first-order valence-electron chi connectivity index (χ1n) is 13.7. The van der Waals surface area contributed by atoms with Gasteiger partial charge in [0, 0.05) is 29.7 Å². The van der Waals surface area contributed by atoms with Gasteiger partial charge in [-0.15, -0.1) is 0 Å². The molecule has 0 saturated heterocycles. The Labute approximate surface area is 250 Å². The molecule has 0 aliphatic heterocycles. The van der Waals surface area contributed by atoms with Crippen molar-refractivity contribution >= 4 is 28.6 Å². The second-order valence-electron chi connectivity index (χ2n) is 10.4. The maximum absolute atomic E-state index is 15.0. The monoisotopic (exact) mass is 620 g/mol. The Kier molecular flexibility index (Phi) is 10.1. The molecule has 0 saturated carbocycles. The number of aliphatic imine (C=N–C) groups is 1. The molecule has 43 heavy (non-hydrogen) atoms. The second-order valence-corrected chi connectivity index (χ2v) is 10.8. The lowest BCUT2D eigenvalue weighted by atomic mass is 10.0. The highest BCUT2D eigenvalue weighted by molar-refractivity contribution is 6.31. The van der Waals surface area contributed by atoms with Gasteiger partial charge in [-0.25, -0.2) is 9.18 Å². The number of rotatable bonds is 12. The Bertz CT molecular complexity index is 1640. The number of guanidine groups is 1. The van der Waals surface area contributed by atoms with Crippen molar-refractivity contribution < 1.29 is 17.6 Å². The first kappa shape index (κ1) is 32.0. The normalized spacial score (nSPS) is 13.3. The van der Waals surface area contributed by atoms with E-state index in [1.165, 1.54) is 35.0 Å². The second kappa shape index (κ2) is 13.6. The van der Waals surface area contributed by atoms with Gasteiger partial charge in [0.1, 0.15) is 11.7 Å². The zero-order valence-electron chi connectivity index (χ0n) is 23.4. The lowest BCUT2D eigenvalue weighted by Crippen LogP contribution is -2.35. The van der Waals surface area contributed by atoms with Crippen LogP contribution in [0.2, 0.25) is 5.02 Å². The molecule has 2 aromatic heterocycles. The van der Waals surface area contributed by atoms with Gasteiger partial charge < -0.3 is 27.5 Å². The third kappa shape index (κ3) is 8.12. The fourth-order valence-electron chi connectivity index (χ4n) is 4.72. The van der Waals surface area contributed by atoms with Crippen LogP contribution < -0.4 is 28.2 Å². The molecule has 0 radical (unpaired) electrons. The van der Waals surface area contributed by atoms with Crippen LogP contribution in [-0.2, 0) is 6.42 Å². The van der Waals surface area contributed by atoms with Crippen molar-refractivity contribution in [2.24, 2.45) is 22.2 Å². The summed E-state index contributed by atoms with van der Waals surface area (Å²) in [6.07, 6.45) is -0.483. The number of halogens is 5. The Morgan fingerprint density at radius 3 is 2.53 bits per heavy atom. The highest BCUT2D eigenvalue weighted by atomic mass is 35.5. The lowest BCUT2D eigenvalue weighted by molar-refractivity contribution is -0.157. The molecule has 0 aliphatic carbocycles. The molecule has 8 N–H and O–H groups in total. The van der Waals surface area contributed by atoms with E-state index < -0.39 is 23.7 Å². The summed E-state index contributed by atoms with van der Waals surface area (Å²) in [5.74, 6) is -0.740. The summed E-state index contributed by atoms with van der Waals surface area (Å²) in [5, 5.41) is 2.95. The van der Waals surface area contributed by atoms with Gasteiger partial charge in [-0.2, -0.15) is 18.2 Å². The molecular weight excluding hydrogens is 588 g/mol. The summed E-state index contributed by atoms with van der Waals surface area (Å²) in [5.41, 5.74) is 17.6. The third-order valence-electron chi connectivity index (χ3n) is 6.82. The molecule has 2 heterocycles. The maximum atomic E-state index is 15.0. The van der Waals surface area contributed by atoms with Gasteiger partial charge in [-0.05, 0) is 80.6 Å². The Morgan fingerprint density at radius 2 is 1.88 bits per heavy atom. The van der Waals surface area contributed by atoms with Crippen molar-refractivity contribution in [3.63, 3.8) is 0 Å². The minimum absolute atomic E-state index is 0.0278. The summed E-state index contributed by atoms with van der Waals surface area (Å²) in [6.45, 7) is 2.14. The van der Waals surface area contributed by atoms with E-state index in [2.05, 4.69) is 20.3 Å². The number of aromatic nitrogens is 3. The number of hydrogen-bond donors (Lipinski definition) is 5. The fraction of sp³-hybridized carbons (Fsp3) is 0.345. The molecule has 2 atom stereocenters. The summed E-state index contributed by atoms with van der Waals surface area (Å²) in [6, 6.07) is 8.45. The average molecular weight is 621 g/mol. The minimum atomic E-state index is -4.56. The third-order valence-corrected chi connectivity index (χ3v) is 7.10. The quantitative estimate of drug-likeness (QED) is 0.0670. The van der Waals surface area contributed by atoms with Crippen LogP contribution in [0.15, 0.2) is 58.4 Å². The van der Waals surface area contributed by atoms with Crippen molar-refractivity contribution in [3.05, 3.63) is 81.1 Å².